The van der Waals surface area contributed by atoms with Crippen LogP contribution in [0.25, 0.3) is 0 Å². The summed E-state index contributed by atoms with van der Waals surface area (Å²) in [5.74, 6) is -1.95. The highest BCUT2D eigenvalue weighted by Crippen LogP contribution is 2.28. The molecule has 0 saturated carbocycles. The Morgan fingerprint density at radius 2 is 1.79 bits per heavy atom. The molecular weight excluding hydrogens is 394 g/mol. The van der Waals surface area contributed by atoms with Crippen molar-refractivity contribution in [3.05, 3.63) is 34.9 Å². The van der Waals surface area contributed by atoms with Crippen LogP contribution in [0.15, 0.2) is 24.3 Å². The minimum absolute atomic E-state index is 0.0244. The predicted molar refractivity (Wildman–Crippen MR) is 113 cm³/mol. The fourth-order valence-electron chi connectivity index (χ4n) is 3.32. The predicted octanol–water partition coefficient (Wildman–Crippen LogP) is 3.25. The van der Waals surface area contributed by atoms with E-state index in [2.05, 4.69) is 5.32 Å². The largest absolute Gasteiger partial charge is 0.352 e. The average molecular weight is 426 g/mol. The van der Waals surface area contributed by atoms with Crippen LogP contribution in [0, 0.1) is 0 Å². The van der Waals surface area contributed by atoms with Crippen molar-refractivity contribution in [1.82, 2.24) is 15.7 Å². The van der Waals surface area contributed by atoms with E-state index in [1.54, 1.807) is 34.6 Å². The van der Waals surface area contributed by atoms with Gasteiger partial charge in [0.05, 0.1) is 5.92 Å². The number of carbonyl (C=O) groups is 3. The standard InChI is InChI=1S/C19H26ClN3O4.C2H6/c1-12(2)21-18(25)16-5-3-4-10-23(16)19(26)15(11-17(24)22-27)13-6-8-14(20)9-7-13;1-2/h6-9,12,15-16,27H,3-5,10-11H2,1-2H3,(H,21,25)(H,22,24);1-2H3. The number of hydrogen-bond donors (Lipinski definition) is 3. The Morgan fingerprint density at radius 1 is 1.17 bits per heavy atom. The summed E-state index contributed by atoms with van der Waals surface area (Å²) in [6.45, 7) is 8.20. The highest BCUT2D eigenvalue weighted by molar-refractivity contribution is 6.30. The maximum absolute atomic E-state index is 13.3. The molecule has 2 atom stereocenters. The second-order valence-electron chi connectivity index (χ2n) is 7.05. The number of halogens is 1. The summed E-state index contributed by atoms with van der Waals surface area (Å²) < 4.78 is 0. The summed E-state index contributed by atoms with van der Waals surface area (Å²) >= 11 is 5.92. The molecule has 7 nitrogen and oxygen atoms in total. The smallest absolute Gasteiger partial charge is 0.244 e. The Labute approximate surface area is 177 Å². The van der Waals surface area contributed by atoms with Crippen LogP contribution in [0.5, 0.6) is 0 Å². The number of piperidine rings is 1. The third-order valence-corrected chi connectivity index (χ3v) is 4.86. The second kappa shape index (κ2) is 12.4. The van der Waals surface area contributed by atoms with Gasteiger partial charge >= 0.3 is 0 Å². The lowest BCUT2D eigenvalue weighted by molar-refractivity contribution is -0.145. The van der Waals surface area contributed by atoms with Crippen molar-refractivity contribution in [2.45, 2.75) is 71.4 Å². The monoisotopic (exact) mass is 425 g/mol. The Bertz CT molecular complexity index is 679. The summed E-state index contributed by atoms with van der Waals surface area (Å²) in [5.41, 5.74) is 2.19. The summed E-state index contributed by atoms with van der Waals surface area (Å²) in [4.78, 5) is 39.2. The number of nitrogens with one attached hydrogen (secondary N) is 2. The highest BCUT2D eigenvalue weighted by Gasteiger charge is 2.36. The van der Waals surface area contributed by atoms with E-state index in [1.807, 2.05) is 27.7 Å². The van der Waals surface area contributed by atoms with E-state index in [1.165, 1.54) is 0 Å². The van der Waals surface area contributed by atoms with Gasteiger partial charge in [-0.25, -0.2) is 5.48 Å². The zero-order chi connectivity index (χ0) is 22.0. The van der Waals surface area contributed by atoms with Crippen molar-refractivity contribution in [1.29, 1.82) is 0 Å². The van der Waals surface area contributed by atoms with Crippen molar-refractivity contribution >= 4 is 29.3 Å². The first-order chi connectivity index (χ1) is 13.8. The Balaban J connectivity index is 0.00000204. The first-order valence-corrected chi connectivity index (χ1v) is 10.5. The number of benzene rings is 1. The Kier molecular flexibility index (Phi) is 10.7. The zero-order valence-corrected chi connectivity index (χ0v) is 18.3. The Hall–Kier alpha value is -2.12. The van der Waals surface area contributed by atoms with E-state index < -0.39 is 17.9 Å². The molecule has 2 rings (SSSR count). The summed E-state index contributed by atoms with van der Waals surface area (Å²) in [5, 5.41) is 12.3. The van der Waals surface area contributed by atoms with Crippen LogP contribution in [-0.2, 0) is 14.4 Å². The lowest BCUT2D eigenvalue weighted by atomic mass is 9.91. The molecule has 1 aromatic rings. The molecule has 162 valence electrons. The maximum Gasteiger partial charge on any atom is 0.244 e. The van der Waals surface area contributed by atoms with Gasteiger partial charge in [-0.1, -0.05) is 37.6 Å². The number of hydrogen-bond acceptors (Lipinski definition) is 4. The van der Waals surface area contributed by atoms with E-state index in [4.69, 9.17) is 16.8 Å². The number of rotatable bonds is 6. The lowest BCUT2D eigenvalue weighted by Crippen LogP contribution is -2.54. The van der Waals surface area contributed by atoms with E-state index in [9.17, 15) is 14.4 Å². The van der Waals surface area contributed by atoms with Crippen LogP contribution < -0.4 is 10.8 Å². The molecule has 1 fully saturated rings. The minimum Gasteiger partial charge on any atom is -0.352 e. The van der Waals surface area contributed by atoms with Crippen LogP contribution >= 0.6 is 11.6 Å². The van der Waals surface area contributed by atoms with Crippen molar-refractivity contribution in [2.75, 3.05) is 6.54 Å². The third kappa shape index (κ3) is 7.33. The maximum atomic E-state index is 13.3. The quantitative estimate of drug-likeness (QED) is 0.481. The van der Waals surface area contributed by atoms with Gasteiger partial charge in [0, 0.05) is 24.0 Å². The van der Waals surface area contributed by atoms with Crippen LogP contribution in [0.2, 0.25) is 5.02 Å². The van der Waals surface area contributed by atoms with Gasteiger partial charge in [0.1, 0.15) is 6.04 Å². The van der Waals surface area contributed by atoms with Gasteiger partial charge in [0.25, 0.3) is 0 Å². The van der Waals surface area contributed by atoms with Gasteiger partial charge < -0.3 is 10.2 Å². The number of amides is 3. The Morgan fingerprint density at radius 3 is 2.34 bits per heavy atom. The molecule has 29 heavy (non-hydrogen) atoms. The van der Waals surface area contributed by atoms with Crippen LogP contribution in [-0.4, -0.2) is 46.5 Å². The summed E-state index contributed by atoms with van der Waals surface area (Å²) in [7, 11) is 0. The molecule has 1 aliphatic rings. The molecule has 0 bridgehead atoms. The topological polar surface area (TPSA) is 98.7 Å². The fraction of sp³-hybridized carbons (Fsp3) is 0.571. The normalized spacial score (nSPS) is 17.1. The van der Waals surface area contributed by atoms with Crippen molar-refractivity contribution < 1.29 is 19.6 Å². The van der Waals surface area contributed by atoms with Gasteiger partial charge in [-0.05, 0) is 50.8 Å². The minimum atomic E-state index is -0.804. The molecule has 2 unspecified atom stereocenters. The van der Waals surface area contributed by atoms with Crippen LogP contribution in [0.4, 0.5) is 0 Å². The first-order valence-electron chi connectivity index (χ1n) is 10.1. The molecule has 1 heterocycles. The number of nitrogens with zero attached hydrogens (tertiary/aromatic N) is 1. The molecule has 0 aliphatic carbocycles. The van der Waals surface area contributed by atoms with Crippen molar-refractivity contribution in [3.8, 4) is 0 Å². The van der Waals surface area contributed by atoms with Gasteiger partial charge in [-0.2, -0.15) is 0 Å². The molecular formula is C21H32ClN3O4. The number of carbonyl (C=O) groups excluding carboxylic acids is 3. The molecule has 8 heteroatoms. The molecule has 1 saturated heterocycles. The van der Waals surface area contributed by atoms with Crippen molar-refractivity contribution in [2.24, 2.45) is 0 Å². The van der Waals surface area contributed by atoms with Crippen LogP contribution in [0.3, 0.4) is 0 Å². The highest BCUT2D eigenvalue weighted by atomic mass is 35.5. The number of hydroxylamine groups is 1. The lowest BCUT2D eigenvalue weighted by Gasteiger charge is -2.37. The molecule has 0 radical (unpaired) electrons. The summed E-state index contributed by atoms with van der Waals surface area (Å²) in [6.07, 6.45) is 2.04. The van der Waals surface area contributed by atoms with Gasteiger partial charge in [-0.15, -0.1) is 0 Å². The molecule has 1 aromatic carbocycles. The summed E-state index contributed by atoms with van der Waals surface area (Å²) in [6, 6.07) is 6.08. The van der Waals surface area contributed by atoms with Crippen molar-refractivity contribution in [3.63, 3.8) is 0 Å². The van der Waals surface area contributed by atoms with Gasteiger partial charge in [0.2, 0.25) is 17.7 Å². The molecule has 0 aromatic heterocycles. The third-order valence-electron chi connectivity index (χ3n) is 4.60. The molecule has 3 N–H and O–H groups in total. The average Bonchev–Trinajstić information content (AvgIpc) is 2.73. The molecule has 0 spiro atoms. The fourth-order valence-corrected chi connectivity index (χ4v) is 3.45. The van der Waals surface area contributed by atoms with E-state index >= 15 is 0 Å². The first kappa shape index (κ1) is 24.9. The SMILES string of the molecule is CC.CC(C)NC(=O)C1CCCCN1C(=O)C(CC(=O)NO)c1ccc(Cl)cc1. The van der Waals surface area contributed by atoms with Gasteiger partial charge in [0.15, 0.2) is 0 Å². The molecule has 1 aliphatic heterocycles. The van der Waals surface area contributed by atoms with Crippen LogP contribution in [0.1, 0.15) is 64.9 Å². The zero-order valence-electron chi connectivity index (χ0n) is 17.6. The number of likely N-dealkylation sites (tertiary alicyclic amines) is 1. The van der Waals surface area contributed by atoms with Gasteiger partial charge in [-0.3, -0.25) is 19.6 Å². The second-order valence-corrected chi connectivity index (χ2v) is 7.49. The van der Waals surface area contributed by atoms with E-state index in [-0.39, 0.29) is 24.3 Å². The molecule has 3 amide bonds. The van der Waals surface area contributed by atoms with E-state index in [0.29, 0.717) is 23.6 Å². The van der Waals surface area contributed by atoms with E-state index in [0.717, 1.165) is 12.8 Å².